The van der Waals surface area contributed by atoms with Gasteiger partial charge in [-0.3, -0.25) is 9.59 Å². The van der Waals surface area contributed by atoms with Crippen molar-refractivity contribution < 1.29 is 22.7 Å². The fraction of sp³-hybridized carbons (Fsp3) is 0.263. The highest BCUT2D eigenvalue weighted by Gasteiger charge is 2.25. The van der Waals surface area contributed by atoms with Gasteiger partial charge in [-0.1, -0.05) is 18.2 Å². The minimum Gasteiger partial charge on any atom is -0.457 e. The molecule has 1 aliphatic heterocycles. The summed E-state index contributed by atoms with van der Waals surface area (Å²) in [5.41, 5.74) is 0.407. The molecule has 1 N–H and O–H groups in total. The average molecular weight is 388 g/mol. The van der Waals surface area contributed by atoms with Crippen LogP contribution in [-0.4, -0.2) is 56.3 Å². The Balaban J connectivity index is 1.50. The quantitative estimate of drug-likeness (QED) is 0.837. The maximum Gasteiger partial charge on any atom is 0.251 e. The average Bonchev–Trinajstić information content (AvgIpc) is 2.67. The van der Waals surface area contributed by atoms with Gasteiger partial charge in [0.1, 0.15) is 11.5 Å². The van der Waals surface area contributed by atoms with Gasteiger partial charge in [0.05, 0.1) is 18.1 Å². The third-order valence-electron chi connectivity index (χ3n) is 4.19. The predicted octanol–water partition coefficient (Wildman–Crippen LogP) is 1.47. The summed E-state index contributed by atoms with van der Waals surface area (Å²) in [5.74, 6) is 0.569. The molecule has 2 amide bonds. The molecule has 0 radical (unpaired) electrons. The van der Waals surface area contributed by atoms with E-state index in [0.717, 1.165) is 0 Å². The van der Waals surface area contributed by atoms with E-state index in [1.807, 2.05) is 30.3 Å². The second-order valence-corrected chi connectivity index (χ2v) is 8.46. The number of sulfone groups is 1. The molecule has 2 aromatic carbocycles. The van der Waals surface area contributed by atoms with E-state index in [4.69, 9.17) is 4.74 Å². The van der Waals surface area contributed by atoms with Crippen LogP contribution >= 0.6 is 0 Å². The number of benzene rings is 2. The van der Waals surface area contributed by atoms with Crippen molar-refractivity contribution in [2.24, 2.45) is 0 Å². The summed E-state index contributed by atoms with van der Waals surface area (Å²) in [6.07, 6.45) is 0. The highest BCUT2D eigenvalue weighted by Crippen LogP contribution is 2.21. The molecule has 2 aromatic rings. The van der Waals surface area contributed by atoms with Crippen molar-refractivity contribution in [3.05, 3.63) is 60.2 Å². The minimum atomic E-state index is -3.04. The maximum atomic E-state index is 12.2. The molecule has 3 rings (SSSR count). The highest BCUT2D eigenvalue weighted by molar-refractivity contribution is 7.91. The lowest BCUT2D eigenvalue weighted by atomic mass is 10.2. The molecule has 0 unspecified atom stereocenters. The lowest BCUT2D eigenvalue weighted by molar-refractivity contribution is -0.129. The first-order valence-electron chi connectivity index (χ1n) is 8.52. The van der Waals surface area contributed by atoms with Crippen LogP contribution < -0.4 is 10.1 Å². The van der Waals surface area contributed by atoms with Gasteiger partial charge in [0.15, 0.2) is 9.84 Å². The molecule has 0 spiro atoms. The van der Waals surface area contributed by atoms with Crippen molar-refractivity contribution >= 4 is 21.7 Å². The number of rotatable bonds is 5. The Morgan fingerprint density at radius 2 is 1.52 bits per heavy atom. The van der Waals surface area contributed by atoms with Gasteiger partial charge >= 0.3 is 0 Å². The molecule has 0 aromatic heterocycles. The zero-order valence-electron chi connectivity index (χ0n) is 14.6. The van der Waals surface area contributed by atoms with E-state index in [2.05, 4.69) is 5.32 Å². The van der Waals surface area contributed by atoms with Gasteiger partial charge in [-0.05, 0) is 36.4 Å². The number of ether oxygens (including phenoxy) is 1. The monoisotopic (exact) mass is 388 g/mol. The van der Waals surface area contributed by atoms with Crippen LogP contribution in [-0.2, 0) is 14.6 Å². The van der Waals surface area contributed by atoms with Gasteiger partial charge < -0.3 is 15.0 Å². The van der Waals surface area contributed by atoms with E-state index >= 15 is 0 Å². The summed E-state index contributed by atoms with van der Waals surface area (Å²) < 4.78 is 28.5. The van der Waals surface area contributed by atoms with Crippen LogP contribution in [0.15, 0.2) is 54.6 Å². The Morgan fingerprint density at radius 1 is 0.926 bits per heavy atom. The number of amides is 2. The van der Waals surface area contributed by atoms with Crippen molar-refractivity contribution in [1.29, 1.82) is 0 Å². The third-order valence-corrected chi connectivity index (χ3v) is 5.80. The second-order valence-electron chi connectivity index (χ2n) is 6.15. The van der Waals surface area contributed by atoms with E-state index in [1.54, 1.807) is 24.3 Å². The van der Waals surface area contributed by atoms with Crippen LogP contribution in [0.4, 0.5) is 0 Å². The predicted molar refractivity (Wildman–Crippen MR) is 101 cm³/mol. The number of nitrogens with zero attached hydrogens (tertiary/aromatic N) is 1. The number of hydrogen-bond donors (Lipinski definition) is 1. The Kier molecular flexibility index (Phi) is 5.75. The van der Waals surface area contributed by atoms with Crippen LogP contribution in [0.3, 0.4) is 0 Å². The van der Waals surface area contributed by atoms with E-state index in [-0.39, 0.29) is 43.0 Å². The lowest BCUT2D eigenvalue weighted by Gasteiger charge is -2.26. The number of nitrogens with one attached hydrogen (secondary N) is 1. The maximum absolute atomic E-state index is 12.2. The Hall–Kier alpha value is -2.87. The summed E-state index contributed by atoms with van der Waals surface area (Å²) in [6.45, 7) is 0.173. The van der Waals surface area contributed by atoms with Gasteiger partial charge in [-0.2, -0.15) is 0 Å². The molecule has 8 heteroatoms. The molecule has 0 atom stereocenters. The molecule has 0 aliphatic carbocycles. The Morgan fingerprint density at radius 3 is 2.15 bits per heavy atom. The second kappa shape index (κ2) is 8.22. The molecular formula is C19H20N2O5S. The molecule has 1 fully saturated rings. The smallest absolute Gasteiger partial charge is 0.251 e. The first-order valence-corrected chi connectivity index (χ1v) is 10.3. The van der Waals surface area contributed by atoms with Gasteiger partial charge in [0.25, 0.3) is 5.91 Å². The normalized spacial score (nSPS) is 15.8. The van der Waals surface area contributed by atoms with E-state index < -0.39 is 9.84 Å². The SMILES string of the molecule is O=C(NCC(=O)N1CCS(=O)(=O)CC1)c1ccc(Oc2ccccc2)cc1. The van der Waals surface area contributed by atoms with Gasteiger partial charge in [-0.25, -0.2) is 8.42 Å². The standard InChI is InChI=1S/C19H20N2O5S/c22-18(21-10-12-27(24,25)13-11-21)14-20-19(23)15-6-8-17(9-7-15)26-16-4-2-1-3-5-16/h1-9H,10-14H2,(H,20,23). The molecule has 142 valence electrons. The first kappa shape index (κ1) is 18.9. The van der Waals surface area contributed by atoms with Gasteiger partial charge in [0.2, 0.25) is 5.91 Å². The number of carbonyl (C=O) groups excluding carboxylic acids is 2. The fourth-order valence-corrected chi connectivity index (χ4v) is 3.83. The van der Waals surface area contributed by atoms with E-state index in [9.17, 15) is 18.0 Å². The molecule has 7 nitrogen and oxygen atoms in total. The molecular weight excluding hydrogens is 368 g/mol. The van der Waals surface area contributed by atoms with E-state index in [1.165, 1.54) is 4.90 Å². The highest BCUT2D eigenvalue weighted by atomic mass is 32.2. The van der Waals surface area contributed by atoms with Crippen molar-refractivity contribution in [3.8, 4) is 11.5 Å². The van der Waals surface area contributed by atoms with Crippen LogP contribution in [0.2, 0.25) is 0 Å². The number of carbonyl (C=O) groups is 2. The summed E-state index contributed by atoms with van der Waals surface area (Å²) >= 11 is 0. The lowest BCUT2D eigenvalue weighted by Crippen LogP contribution is -2.47. The van der Waals surface area contributed by atoms with Gasteiger partial charge in [-0.15, -0.1) is 0 Å². The van der Waals surface area contributed by atoms with Crippen LogP contribution in [0.25, 0.3) is 0 Å². The fourth-order valence-electron chi connectivity index (χ4n) is 2.63. The van der Waals surface area contributed by atoms with Crippen molar-refractivity contribution in [3.63, 3.8) is 0 Å². The van der Waals surface area contributed by atoms with Crippen LogP contribution in [0.1, 0.15) is 10.4 Å². The van der Waals surface area contributed by atoms with Crippen molar-refractivity contribution in [2.75, 3.05) is 31.1 Å². The number of para-hydroxylation sites is 1. The molecule has 0 saturated carbocycles. The van der Waals surface area contributed by atoms with Gasteiger partial charge in [0, 0.05) is 18.7 Å². The molecule has 1 heterocycles. The zero-order chi connectivity index (χ0) is 19.3. The summed E-state index contributed by atoms with van der Waals surface area (Å²) in [4.78, 5) is 25.7. The minimum absolute atomic E-state index is 0.0322. The molecule has 1 saturated heterocycles. The molecule has 27 heavy (non-hydrogen) atoms. The number of hydrogen-bond acceptors (Lipinski definition) is 5. The summed E-state index contributed by atoms with van der Waals surface area (Å²) in [5, 5.41) is 2.57. The van der Waals surface area contributed by atoms with Crippen molar-refractivity contribution in [1.82, 2.24) is 10.2 Å². The van der Waals surface area contributed by atoms with Crippen LogP contribution in [0.5, 0.6) is 11.5 Å². The van der Waals surface area contributed by atoms with Crippen molar-refractivity contribution in [2.45, 2.75) is 0 Å². The molecule has 1 aliphatic rings. The Labute approximate surface area is 157 Å². The zero-order valence-corrected chi connectivity index (χ0v) is 15.4. The summed E-state index contributed by atoms with van der Waals surface area (Å²) in [7, 11) is -3.04. The molecule has 0 bridgehead atoms. The van der Waals surface area contributed by atoms with E-state index in [0.29, 0.717) is 17.1 Å². The largest absolute Gasteiger partial charge is 0.457 e. The van der Waals surface area contributed by atoms with Crippen LogP contribution in [0, 0.1) is 0 Å². The first-order chi connectivity index (χ1) is 12.9. The third kappa shape index (κ3) is 5.30. The topological polar surface area (TPSA) is 92.8 Å². The summed E-state index contributed by atoms with van der Waals surface area (Å²) in [6, 6.07) is 15.9. The Bertz CT molecular complexity index is 897.